The van der Waals surface area contributed by atoms with Gasteiger partial charge in [0.15, 0.2) is 19.0 Å². The lowest BCUT2D eigenvalue weighted by Crippen LogP contribution is -2.46. The Bertz CT molecular complexity index is 996. The molecule has 2 aliphatic heterocycles. The fourth-order valence-corrected chi connectivity index (χ4v) is 4.02. The van der Waals surface area contributed by atoms with Crippen LogP contribution in [0.25, 0.3) is 0 Å². The molecule has 0 bridgehead atoms. The van der Waals surface area contributed by atoms with Crippen LogP contribution >= 0.6 is 0 Å². The van der Waals surface area contributed by atoms with Crippen molar-refractivity contribution in [2.75, 3.05) is 37.7 Å². The van der Waals surface area contributed by atoms with Gasteiger partial charge >= 0.3 is 0 Å². The van der Waals surface area contributed by atoms with Crippen LogP contribution in [0.3, 0.4) is 0 Å². The molecule has 0 saturated carbocycles. The van der Waals surface area contributed by atoms with Gasteiger partial charge in [-0.05, 0) is 55.2 Å². The number of hydrogen-bond acceptors (Lipinski definition) is 5. The largest absolute Gasteiger partial charge is 0.485 e. The summed E-state index contributed by atoms with van der Waals surface area (Å²) in [5.74, 6) is 0.526. The molecule has 2 aliphatic rings. The standard InChI is InChI=1S/C25H28N2O5/c1-2-5-18-6-9-20(10-7-18)31-16-22(28)19-8-11-23-21(14-19)27(25(30)17-32-23)15-24(29)26-12-3-4-13-26/h6-11,14H,2-5,12-13,15-17H2,1H3. The number of aryl methyl sites for hydroxylation is 1. The SMILES string of the molecule is CCCc1ccc(OCC(=O)c2ccc3c(c2)N(CC(=O)N2CCCC2)C(=O)CO3)cc1. The molecule has 168 valence electrons. The molecule has 2 amide bonds. The molecule has 0 aromatic heterocycles. The molecular formula is C25H28N2O5. The van der Waals surface area contributed by atoms with Crippen molar-refractivity contribution in [3.8, 4) is 11.5 Å². The van der Waals surface area contributed by atoms with Gasteiger partial charge in [0.05, 0.1) is 5.69 Å². The summed E-state index contributed by atoms with van der Waals surface area (Å²) >= 11 is 0. The van der Waals surface area contributed by atoms with Gasteiger partial charge in [-0.25, -0.2) is 0 Å². The van der Waals surface area contributed by atoms with Gasteiger partial charge in [-0.15, -0.1) is 0 Å². The summed E-state index contributed by atoms with van der Waals surface area (Å²) in [5.41, 5.74) is 2.08. The number of hydrogen-bond donors (Lipinski definition) is 0. The van der Waals surface area contributed by atoms with Crippen LogP contribution in [-0.2, 0) is 16.0 Å². The van der Waals surface area contributed by atoms with E-state index in [1.807, 2.05) is 24.3 Å². The highest BCUT2D eigenvalue weighted by atomic mass is 16.5. The van der Waals surface area contributed by atoms with Gasteiger partial charge in [-0.2, -0.15) is 0 Å². The van der Waals surface area contributed by atoms with Crippen LogP contribution < -0.4 is 14.4 Å². The normalized spacial score (nSPS) is 15.3. The van der Waals surface area contributed by atoms with Crippen molar-refractivity contribution in [3.63, 3.8) is 0 Å². The van der Waals surface area contributed by atoms with Crippen molar-refractivity contribution in [1.82, 2.24) is 4.90 Å². The van der Waals surface area contributed by atoms with E-state index in [-0.39, 0.29) is 37.4 Å². The fraction of sp³-hybridized carbons (Fsp3) is 0.400. The minimum absolute atomic E-state index is 0.0482. The first kappa shape index (κ1) is 21.9. The van der Waals surface area contributed by atoms with Crippen LogP contribution in [0.2, 0.25) is 0 Å². The average molecular weight is 437 g/mol. The number of rotatable bonds is 8. The lowest BCUT2D eigenvalue weighted by Gasteiger charge is -2.30. The molecule has 7 nitrogen and oxygen atoms in total. The van der Waals surface area contributed by atoms with Gasteiger partial charge < -0.3 is 14.4 Å². The third-order valence-electron chi connectivity index (χ3n) is 5.81. The van der Waals surface area contributed by atoms with Gasteiger partial charge in [-0.1, -0.05) is 25.5 Å². The number of carbonyl (C=O) groups is 3. The number of carbonyl (C=O) groups excluding carboxylic acids is 3. The minimum Gasteiger partial charge on any atom is -0.485 e. The Morgan fingerprint density at radius 2 is 1.81 bits per heavy atom. The lowest BCUT2D eigenvalue weighted by atomic mass is 10.1. The molecule has 0 radical (unpaired) electrons. The lowest BCUT2D eigenvalue weighted by molar-refractivity contribution is -0.131. The molecule has 1 fully saturated rings. The molecule has 0 atom stereocenters. The maximum atomic E-state index is 12.7. The van der Waals surface area contributed by atoms with Gasteiger partial charge in [0.25, 0.3) is 5.91 Å². The fourth-order valence-electron chi connectivity index (χ4n) is 4.02. The Balaban J connectivity index is 1.45. The van der Waals surface area contributed by atoms with E-state index in [1.165, 1.54) is 10.5 Å². The van der Waals surface area contributed by atoms with E-state index in [2.05, 4.69) is 6.92 Å². The second kappa shape index (κ2) is 9.85. The van der Waals surface area contributed by atoms with E-state index in [0.29, 0.717) is 22.7 Å². The third kappa shape index (κ3) is 4.93. The van der Waals surface area contributed by atoms with Crippen LogP contribution in [0.5, 0.6) is 11.5 Å². The number of amides is 2. The molecule has 0 aliphatic carbocycles. The molecule has 1 saturated heterocycles. The average Bonchev–Trinajstić information content (AvgIpc) is 3.35. The van der Waals surface area contributed by atoms with Crippen molar-refractivity contribution in [2.45, 2.75) is 32.6 Å². The summed E-state index contributed by atoms with van der Waals surface area (Å²) in [6.07, 6.45) is 4.05. The zero-order chi connectivity index (χ0) is 22.5. The van der Waals surface area contributed by atoms with E-state index in [4.69, 9.17) is 9.47 Å². The smallest absolute Gasteiger partial charge is 0.265 e. The highest BCUT2D eigenvalue weighted by Gasteiger charge is 2.30. The number of anilines is 1. The molecule has 0 unspecified atom stereocenters. The molecule has 0 spiro atoms. The minimum atomic E-state index is -0.293. The Morgan fingerprint density at radius 1 is 1.06 bits per heavy atom. The first-order valence-electron chi connectivity index (χ1n) is 11.1. The molecule has 0 N–H and O–H groups in total. The van der Waals surface area contributed by atoms with Crippen LogP contribution in [0, 0.1) is 0 Å². The summed E-state index contributed by atoms with van der Waals surface area (Å²) in [6.45, 7) is 3.29. The van der Waals surface area contributed by atoms with E-state index >= 15 is 0 Å². The van der Waals surface area contributed by atoms with E-state index in [0.717, 1.165) is 38.8 Å². The number of Topliss-reactive ketones (excluding diaryl/α,β-unsaturated/α-hetero) is 1. The molecule has 2 aromatic rings. The van der Waals surface area contributed by atoms with Crippen LogP contribution in [0.4, 0.5) is 5.69 Å². The van der Waals surface area contributed by atoms with Gasteiger partial charge in [0.2, 0.25) is 5.91 Å². The molecule has 2 heterocycles. The highest BCUT2D eigenvalue weighted by Crippen LogP contribution is 2.33. The topological polar surface area (TPSA) is 76.2 Å². The number of benzene rings is 2. The molecule has 2 aromatic carbocycles. The van der Waals surface area contributed by atoms with Crippen molar-refractivity contribution in [3.05, 3.63) is 53.6 Å². The number of ether oxygens (including phenoxy) is 2. The number of likely N-dealkylation sites (tertiary alicyclic amines) is 1. The van der Waals surface area contributed by atoms with Crippen molar-refractivity contribution in [1.29, 1.82) is 0 Å². The van der Waals surface area contributed by atoms with Crippen LogP contribution in [-0.4, -0.2) is 55.3 Å². The Hall–Kier alpha value is -3.35. The summed E-state index contributed by atoms with van der Waals surface area (Å²) < 4.78 is 11.2. The van der Waals surface area contributed by atoms with Crippen molar-refractivity contribution in [2.24, 2.45) is 0 Å². The summed E-state index contributed by atoms with van der Waals surface area (Å²) in [6, 6.07) is 12.7. The third-order valence-corrected chi connectivity index (χ3v) is 5.81. The monoisotopic (exact) mass is 436 g/mol. The number of ketones is 1. The van der Waals surface area contributed by atoms with E-state index in [1.54, 1.807) is 23.1 Å². The van der Waals surface area contributed by atoms with Crippen molar-refractivity contribution < 1.29 is 23.9 Å². The summed E-state index contributed by atoms with van der Waals surface area (Å²) in [4.78, 5) is 41.1. The molecular weight excluding hydrogens is 408 g/mol. The maximum Gasteiger partial charge on any atom is 0.265 e. The predicted molar refractivity (Wildman–Crippen MR) is 120 cm³/mol. The Kier molecular flexibility index (Phi) is 6.73. The predicted octanol–water partition coefficient (Wildman–Crippen LogP) is 3.25. The number of fused-ring (bicyclic) bond motifs is 1. The maximum absolute atomic E-state index is 12.7. The van der Waals surface area contributed by atoms with Crippen LogP contribution in [0.1, 0.15) is 42.1 Å². The zero-order valence-electron chi connectivity index (χ0n) is 18.3. The molecule has 4 rings (SSSR count). The van der Waals surface area contributed by atoms with Crippen molar-refractivity contribution >= 4 is 23.3 Å². The second-order valence-electron chi connectivity index (χ2n) is 8.14. The quantitative estimate of drug-likeness (QED) is 0.594. The summed E-state index contributed by atoms with van der Waals surface area (Å²) in [7, 11) is 0. The Labute approximate surface area is 187 Å². The van der Waals surface area contributed by atoms with Gasteiger partial charge in [0, 0.05) is 18.7 Å². The Morgan fingerprint density at radius 3 is 2.53 bits per heavy atom. The van der Waals surface area contributed by atoms with E-state index < -0.39 is 0 Å². The van der Waals surface area contributed by atoms with Gasteiger partial charge in [-0.3, -0.25) is 19.3 Å². The summed E-state index contributed by atoms with van der Waals surface area (Å²) in [5, 5.41) is 0. The number of nitrogens with zero attached hydrogens (tertiary/aromatic N) is 2. The highest BCUT2D eigenvalue weighted by molar-refractivity contribution is 6.04. The first-order valence-corrected chi connectivity index (χ1v) is 11.1. The van der Waals surface area contributed by atoms with Crippen LogP contribution in [0.15, 0.2) is 42.5 Å². The molecule has 7 heteroatoms. The molecule has 32 heavy (non-hydrogen) atoms. The first-order chi connectivity index (χ1) is 15.5. The van der Waals surface area contributed by atoms with Gasteiger partial charge in [0.1, 0.15) is 18.0 Å². The second-order valence-corrected chi connectivity index (χ2v) is 8.14. The zero-order valence-corrected chi connectivity index (χ0v) is 18.3. The van der Waals surface area contributed by atoms with E-state index in [9.17, 15) is 14.4 Å².